The molecule has 280 valence electrons. The second kappa shape index (κ2) is 25.6. The molecule has 0 aliphatic heterocycles. The van der Waals surface area contributed by atoms with Gasteiger partial charge in [-0.05, 0) is 17.8 Å². The fourth-order valence-corrected chi connectivity index (χ4v) is 5.20. The van der Waals surface area contributed by atoms with E-state index in [0.29, 0.717) is 47.3 Å². The summed E-state index contributed by atoms with van der Waals surface area (Å²) in [7, 11) is 0. The third-order valence-electron chi connectivity index (χ3n) is 6.52. The van der Waals surface area contributed by atoms with Gasteiger partial charge >= 0.3 is 0 Å². The fourth-order valence-electron chi connectivity index (χ4n) is 3.35. The van der Waals surface area contributed by atoms with E-state index in [1.54, 1.807) is 0 Å². The summed E-state index contributed by atoms with van der Waals surface area (Å²) in [6.07, 6.45) is 5.83. The van der Waals surface area contributed by atoms with E-state index < -0.39 is 0 Å². The van der Waals surface area contributed by atoms with E-state index in [0.717, 1.165) is 23.1 Å². The van der Waals surface area contributed by atoms with Gasteiger partial charge in [-0.15, -0.1) is 22.7 Å². The molecule has 0 aliphatic rings. The highest BCUT2D eigenvalue weighted by atomic mass is 32.1. The molecule has 0 fully saturated rings. The van der Waals surface area contributed by atoms with Crippen LogP contribution in [0.1, 0.15) is 231 Å². The number of thiazole rings is 2. The average molecular weight is 709 g/mol. The second-order valence-electron chi connectivity index (χ2n) is 13.7. The van der Waals surface area contributed by atoms with Crippen LogP contribution in [0.5, 0.6) is 0 Å². The number of nitrogens with zero attached hydrogens (tertiary/aromatic N) is 4. The Bertz CT molecular complexity index is 1020. The van der Waals surface area contributed by atoms with Crippen molar-refractivity contribution in [2.75, 3.05) is 0 Å². The van der Waals surface area contributed by atoms with Crippen molar-refractivity contribution in [3.63, 3.8) is 0 Å². The van der Waals surface area contributed by atoms with Crippen LogP contribution in [0.2, 0.25) is 0 Å². The lowest BCUT2D eigenvalue weighted by Gasteiger charge is -1.98. The average Bonchev–Trinajstić information content (AvgIpc) is 3.76. The number of rotatable bonds is 8. The molecule has 4 rings (SSSR count). The van der Waals surface area contributed by atoms with Crippen LogP contribution in [0.3, 0.4) is 0 Å². The molecule has 4 aromatic rings. The minimum absolute atomic E-state index is 0. The Labute approximate surface area is 306 Å². The molecule has 4 aromatic heterocycles. The van der Waals surface area contributed by atoms with Crippen molar-refractivity contribution in [3.8, 4) is 0 Å². The van der Waals surface area contributed by atoms with Gasteiger partial charge in [0.05, 0.1) is 21.9 Å². The number of aromatic nitrogens is 4. The molecule has 0 saturated heterocycles. The smallest absolute Gasteiger partial charge is 0.196 e. The van der Waals surface area contributed by atoms with E-state index in [1.807, 2.05) is 47.3 Å². The van der Waals surface area contributed by atoms with Gasteiger partial charge in [0.25, 0.3) is 0 Å². The molecule has 0 atom stereocenters. The number of hydrogen-bond acceptors (Lipinski definition) is 8. The Hall–Kier alpha value is -2.32. The Morgan fingerprint density at radius 3 is 1.06 bits per heavy atom. The van der Waals surface area contributed by atoms with Gasteiger partial charge in [0.2, 0.25) is 0 Å². The van der Waals surface area contributed by atoms with Crippen LogP contribution in [0.4, 0.5) is 0 Å². The molecule has 6 nitrogen and oxygen atoms in total. The van der Waals surface area contributed by atoms with Gasteiger partial charge in [-0.1, -0.05) is 146 Å². The minimum atomic E-state index is 0. The van der Waals surface area contributed by atoms with Crippen LogP contribution in [-0.2, 0) is 0 Å². The van der Waals surface area contributed by atoms with Crippen molar-refractivity contribution in [1.29, 1.82) is 0 Å². The van der Waals surface area contributed by atoms with E-state index in [1.165, 1.54) is 19.8 Å². The molecule has 0 aromatic carbocycles. The highest BCUT2D eigenvalue weighted by Gasteiger charge is 2.11. The molecule has 0 saturated carbocycles. The normalized spacial score (nSPS) is 10.5. The predicted octanol–water partition coefficient (Wildman–Crippen LogP) is 15.2. The topological polar surface area (TPSA) is 77.8 Å². The molecule has 0 spiro atoms. The highest BCUT2D eigenvalue weighted by molar-refractivity contribution is 7.12. The molecule has 0 aliphatic carbocycles. The van der Waals surface area contributed by atoms with E-state index >= 15 is 0 Å². The van der Waals surface area contributed by atoms with Gasteiger partial charge in [-0.3, -0.25) is 0 Å². The first-order chi connectivity index (χ1) is 20.4. The lowest BCUT2D eigenvalue weighted by Crippen LogP contribution is -1.85. The Morgan fingerprint density at radius 1 is 0.458 bits per heavy atom. The van der Waals surface area contributed by atoms with Crippen LogP contribution in [0, 0.1) is 0 Å². The third-order valence-corrected chi connectivity index (χ3v) is 9.72. The maximum absolute atomic E-state index is 5.50. The Balaban J connectivity index is -0.000000262. The quantitative estimate of drug-likeness (QED) is 0.181. The zero-order valence-corrected chi connectivity index (χ0v) is 32.0. The molecule has 8 heteroatoms. The van der Waals surface area contributed by atoms with Crippen LogP contribution in [-0.4, -0.2) is 20.1 Å². The van der Waals surface area contributed by atoms with Crippen molar-refractivity contribution in [2.24, 2.45) is 0 Å². The first-order valence-corrected chi connectivity index (χ1v) is 17.9. The zero-order valence-electron chi connectivity index (χ0n) is 30.4. The summed E-state index contributed by atoms with van der Waals surface area (Å²) in [6.45, 7) is 34.3. The van der Waals surface area contributed by atoms with E-state index in [4.69, 9.17) is 8.94 Å². The lowest BCUT2D eigenvalue weighted by molar-refractivity contribution is 0.363. The van der Waals surface area contributed by atoms with Crippen LogP contribution in [0.25, 0.3) is 0 Å². The second-order valence-corrected chi connectivity index (χ2v) is 15.9. The van der Waals surface area contributed by atoms with Crippen LogP contribution >= 0.6 is 22.7 Å². The van der Waals surface area contributed by atoms with Gasteiger partial charge in [0.15, 0.2) is 5.89 Å². The fraction of sp³-hybridized carbons (Fsp3) is 0.700. The molecule has 4 heterocycles. The largest absolute Gasteiger partial charge is 0.445 e. The molecular formula is C40H76N4O2S2. The molecular weight excluding hydrogens is 633 g/mol. The maximum atomic E-state index is 5.50. The molecule has 0 radical (unpaired) electrons. The monoisotopic (exact) mass is 709 g/mol. The first-order valence-electron chi connectivity index (χ1n) is 16.3. The summed E-state index contributed by atoms with van der Waals surface area (Å²) in [6, 6.07) is 2.04. The summed E-state index contributed by atoms with van der Waals surface area (Å²) in [5.41, 5.74) is 1.05. The van der Waals surface area contributed by atoms with Crippen molar-refractivity contribution in [2.45, 2.75) is 188 Å². The van der Waals surface area contributed by atoms with Gasteiger partial charge in [0.1, 0.15) is 11.5 Å². The molecule has 0 amide bonds. The Kier molecular flexibility index (Phi) is 28.0. The summed E-state index contributed by atoms with van der Waals surface area (Å²) in [5, 5.41) is 6.48. The standard InChI is InChI=1S/2C9H15NO.2C9H15NS.4CH4/c1-6(2)8-5-10-9(11-8)7(3)4;1-6(2)8-5-9(7(3)4)11-10-8;2*1-6(2)8-5-10-9(11-8)7(3)4;;;;/h4*5-7H,1-4H3;4*1H4. The lowest BCUT2D eigenvalue weighted by atomic mass is 10.1. The van der Waals surface area contributed by atoms with Crippen molar-refractivity contribution in [1.82, 2.24) is 20.1 Å². The van der Waals surface area contributed by atoms with Crippen molar-refractivity contribution < 1.29 is 8.94 Å². The van der Waals surface area contributed by atoms with Crippen LogP contribution in [0.15, 0.2) is 33.6 Å². The van der Waals surface area contributed by atoms with Gasteiger partial charge in [-0.2, -0.15) is 0 Å². The van der Waals surface area contributed by atoms with Gasteiger partial charge < -0.3 is 8.94 Å². The third kappa shape index (κ3) is 18.4. The van der Waals surface area contributed by atoms with E-state index in [9.17, 15) is 0 Å². The molecule has 0 N–H and O–H groups in total. The van der Waals surface area contributed by atoms with Gasteiger partial charge in [0, 0.05) is 57.8 Å². The van der Waals surface area contributed by atoms with Crippen LogP contribution < -0.4 is 0 Å². The highest BCUT2D eigenvalue weighted by Crippen LogP contribution is 2.27. The summed E-state index contributed by atoms with van der Waals surface area (Å²) in [5.74, 6) is 6.94. The summed E-state index contributed by atoms with van der Waals surface area (Å²) < 4.78 is 10.6. The minimum Gasteiger partial charge on any atom is -0.445 e. The maximum Gasteiger partial charge on any atom is 0.196 e. The number of hydrogen-bond donors (Lipinski definition) is 0. The van der Waals surface area contributed by atoms with Gasteiger partial charge in [-0.25, -0.2) is 15.0 Å². The summed E-state index contributed by atoms with van der Waals surface area (Å²) >= 11 is 3.68. The molecule has 0 unspecified atom stereocenters. The molecule has 0 bridgehead atoms. The predicted molar refractivity (Wildman–Crippen MR) is 217 cm³/mol. The van der Waals surface area contributed by atoms with E-state index in [-0.39, 0.29) is 29.7 Å². The summed E-state index contributed by atoms with van der Waals surface area (Å²) in [4.78, 5) is 15.7. The Morgan fingerprint density at radius 2 is 0.875 bits per heavy atom. The van der Waals surface area contributed by atoms with Crippen molar-refractivity contribution >= 4 is 22.7 Å². The zero-order chi connectivity index (χ0) is 33.7. The first kappa shape index (κ1) is 52.5. The SMILES string of the molecule is C.C.C.C.CC(C)c1cc(C(C)C)on1.CC(C)c1cnc(C(C)C)o1.CC(C)c1cnc(C(C)C)s1.CC(C)c1cnc(C(C)C)s1. The molecule has 48 heavy (non-hydrogen) atoms. The van der Waals surface area contributed by atoms with E-state index in [2.05, 4.69) is 131 Å². The number of oxazole rings is 1. The van der Waals surface area contributed by atoms with Crippen molar-refractivity contribution in [3.05, 3.63) is 67.5 Å².